The molecule has 0 atom stereocenters. The molecule has 1 saturated carbocycles. The fourth-order valence-electron chi connectivity index (χ4n) is 2.70. The van der Waals surface area contributed by atoms with Gasteiger partial charge in [0, 0.05) is 19.9 Å². The van der Waals surface area contributed by atoms with E-state index in [1.807, 2.05) is 20.2 Å². The van der Waals surface area contributed by atoms with Crippen molar-refractivity contribution in [1.29, 1.82) is 0 Å². The molecule has 0 amide bonds. The van der Waals surface area contributed by atoms with Crippen molar-refractivity contribution in [3.8, 4) is 0 Å². The van der Waals surface area contributed by atoms with Gasteiger partial charge in [-0.2, -0.15) is 0 Å². The lowest BCUT2D eigenvalue weighted by molar-refractivity contribution is -0.0836. The summed E-state index contributed by atoms with van der Waals surface area (Å²) in [5, 5.41) is 3.13. The molecule has 106 valence electrons. The average molecular weight is 375 g/mol. The van der Waals surface area contributed by atoms with Gasteiger partial charge in [-0.25, -0.2) is 9.97 Å². The molecule has 0 aliphatic heterocycles. The largest absolute Gasteiger partial charge is 0.372 e. The van der Waals surface area contributed by atoms with Crippen LogP contribution in [0.5, 0.6) is 0 Å². The van der Waals surface area contributed by atoms with E-state index in [1.54, 1.807) is 0 Å². The Kier molecular flexibility index (Phi) is 5.00. The van der Waals surface area contributed by atoms with Crippen molar-refractivity contribution in [2.75, 3.05) is 19.0 Å². The standard InChI is InChI=1S/C14H22IN3O/c1-4-19-14(7-5-10(2)6-8-14)13-17-9-11(15)12(16-3)18-13/h9-10H,4-8H2,1-3H3,(H,16,17,18). The number of rotatable bonds is 4. The quantitative estimate of drug-likeness (QED) is 0.818. The third-order valence-electron chi connectivity index (χ3n) is 3.89. The van der Waals surface area contributed by atoms with Gasteiger partial charge < -0.3 is 10.1 Å². The Bertz CT molecular complexity index is 431. The van der Waals surface area contributed by atoms with Crippen LogP contribution in [0.15, 0.2) is 6.20 Å². The summed E-state index contributed by atoms with van der Waals surface area (Å²) >= 11 is 2.25. The average Bonchev–Trinajstić information content (AvgIpc) is 2.42. The van der Waals surface area contributed by atoms with Crippen LogP contribution in [0.4, 0.5) is 5.82 Å². The van der Waals surface area contributed by atoms with Crippen molar-refractivity contribution in [2.45, 2.75) is 45.1 Å². The van der Waals surface area contributed by atoms with E-state index in [1.165, 1.54) is 12.8 Å². The predicted molar refractivity (Wildman–Crippen MR) is 85.2 cm³/mol. The van der Waals surface area contributed by atoms with E-state index in [0.29, 0.717) is 6.61 Å². The minimum absolute atomic E-state index is 0.281. The Hall–Kier alpha value is -0.430. The Morgan fingerprint density at radius 1 is 1.47 bits per heavy atom. The summed E-state index contributed by atoms with van der Waals surface area (Å²) in [6.45, 7) is 5.06. The Balaban J connectivity index is 2.33. The van der Waals surface area contributed by atoms with Crippen molar-refractivity contribution in [3.63, 3.8) is 0 Å². The molecule has 1 aliphatic carbocycles. The van der Waals surface area contributed by atoms with Crippen LogP contribution in [-0.4, -0.2) is 23.6 Å². The van der Waals surface area contributed by atoms with Crippen LogP contribution < -0.4 is 5.32 Å². The SMILES string of the molecule is CCOC1(c2ncc(I)c(NC)n2)CCC(C)CC1. The second-order valence-corrected chi connectivity index (χ2v) is 6.41. The summed E-state index contributed by atoms with van der Waals surface area (Å²) in [5.41, 5.74) is -0.281. The van der Waals surface area contributed by atoms with Crippen LogP contribution in [0.25, 0.3) is 0 Å². The molecule has 2 rings (SSSR count). The minimum atomic E-state index is -0.281. The fourth-order valence-corrected chi connectivity index (χ4v) is 3.23. The van der Waals surface area contributed by atoms with E-state index in [9.17, 15) is 0 Å². The topological polar surface area (TPSA) is 47.0 Å². The summed E-state index contributed by atoms with van der Waals surface area (Å²) in [4.78, 5) is 9.22. The van der Waals surface area contributed by atoms with Crippen LogP contribution in [0.1, 0.15) is 45.4 Å². The van der Waals surface area contributed by atoms with Crippen molar-refractivity contribution < 1.29 is 4.74 Å². The molecule has 4 nitrogen and oxygen atoms in total. The Labute approximate surface area is 128 Å². The van der Waals surface area contributed by atoms with Gasteiger partial charge in [0.2, 0.25) is 0 Å². The van der Waals surface area contributed by atoms with Gasteiger partial charge in [0.05, 0.1) is 3.57 Å². The maximum atomic E-state index is 6.09. The number of hydrogen-bond acceptors (Lipinski definition) is 4. The molecule has 1 fully saturated rings. The first kappa shape index (κ1) is 15.0. The molecule has 0 radical (unpaired) electrons. The monoisotopic (exact) mass is 375 g/mol. The second kappa shape index (κ2) is 6.35. The molecular formula is C14H22IN3O. The predicted octanol–water partition coefficient (Wildman–Crippen LogP) is 3.56. The molecule has 1 N–H and O–H groups in total. The Morgan fingerprint density at radius 2 is 2.16 bits per heavy atom. The molecule has 1 aliphatic rings. The number of hydrogen-bond donors (Lipinski definition) is 1. The smallest absolute Gasteiger partial charge is 0.162 e. The molecule has 0 spiro atoms. The van der Waals surface area contributed by atoms with Crippen molar-refractivity contribution in [3.05, 3.63) is 15.6 Å². The molecule has 5 heteroatoms. The zero-order valence-corrected chi connectivity index (χ0v) is 14.0. The van der Waals surface area contributed by atoms with Gasteiger partial charge in [-0.15, -0.1) is 0 Å². The highest BCUT2D eigenvalue weighted by Crippen LogP contribution is 2.41. The van der Waals surface area contributed by atoms with Crippen molar-refractivity contribution >= 4 is 28.4 Å². The zero-order chi connectivity index (χ0) is 13.9. The van der Waals surface area contributed by atoms with Gasteiger partial charge in [-0.05, 0) is 61.1 Å². The third kappa shape index (κ3) is 3.18. The van der Waals surface area contributed by atoms with Gasteiger partial charge in [0.1, 0.15) is 11.4 Å². The van der Waals surface area contributed by atoms with Gasteiger partial charge in [-0.3, -0.25) is 0 Å². The van der Waals surface area contributed by atoms with Crippen molar-refractivity contribution in [2.24, 2.45) is 5.92 Å². The first-order valence-electron chi connectivity index (χ1n) is 6.96. The summed E-state index contributed by atoms with van der Waals surface area (Å²) in [6, 6.07) is 0. The lowest BCUT2D eigenvalue weighted by atomic mass is 9.79. The van der Waals surface area contributed by atoms with Crippen molar-refractivity contribution in [1.82, 2.24) is 9.97 Å². The van der Waals surface area contributed by atoms with E-state index >= 15 is 0 Å². The lowest BCUT2D eigenvalue weighted by Gasteiger charge is -2.37. The van der Waals surface area contributed by atoms with E-state index in [0.717, 1.165) is 34.0 Å². The number of halogens is 1. The summed E-state index contributed by atoms with van der Waals surface area (Å²) < 4.78 is 7.13. The number of ether oxygens (including phenoxy) is 1. The van der Waals surface area contributed by atoms with E-state index in [4.69, 9.17) is 4.74 Å². The fraction of sp³-hybridized carbons (Fsp3) is 0.714. The molecule has 1 aromatic heterocycles. The molecule has 0 aromatic carbocycles. The maximum absolute atomic E-state index is 6.09. The molecule has 1 heterocycles. The first-order valence-corrected chi connectivity index (χ1v) is 8.04. The van der Waals surface area contributed by atoms with Crippen LogP contribution in [-0.2, 0) is 10.3 Å². The van der Waals surface area contributed by atoms with Crippen LogP contribution in [0.2, 0.25) is 0 Å². The highest BCUT2D eigenvalue weighted by molar-refractivity contribution is 14.1. The highest BCUT2D eigenvalue weighted by Gasteiger charge is 2.39. The highest BCUT2D eigenvalue weighted by atomic mass is 127. The number of nitrogens with zero attached hydrogens (tertiary/aromatic N) is 2. The maximum Gasteiger partial charge on any atom is 0.162 e. The molecule has 1 aromatic rings. The molecule has 0 unspecified atom stereocenters. The lowest BCUT2D eigenvalue weighted by Crippen LogP contribution is -2.36. The number of nitrogens with one attached hydrogen (secondary N) is 1. The third-order valence-corrected chi connectivity index (χ3v) is 4.68. The van der Waals surface area contributed by atoms with Gasteiger partial charge in [0.15, 0.2) is 5.82 Å². The van der Waals surface area contributed by atoms with E-state index in [2.05, 4.69) is 44.8 Å². The molecule has 19 heavy (non-hydrogen) atoms. The van der Waals surface area contributed by atoms with Gasteiger partial charge >= 0.3 is 0 Å². The normalized spacial score (nSPS) is 27.3. The van der Waals surface area contributed by atoms with E-state index in [-0.39, 0.29) is 5.60 Å². The second-order valence-electron chi connectivity index (χ2n) is 5.25. The molecule has 0 bridgehead atoms. The molecular weight excluding hydrogens is 353 g/mol. The summed E-state index contributed by atoms with van der Waals surface area (Å²) in [6.07, 6.45) is 6.29. The van der Waals surface area contributed by atoms with Gasteiger partial charge in [-0.1, -0.05) is 6.92 Å². The van der Waals surface area contributed by atoms with Crippen LogP contribution >= 0.6 is 22.6 Å². The number of aromatic nitrogens is 2. The Morgan fingerprint density at radius 3 is 2.74 bits per heavy atom. The van der Waals surface area contributed by atoms with E-state index < -0.39 is 0 Å². The van der Waals surface area contributed by atoms with Crippen LogP contribution in [0, 0.1) is 9.49 Å². The zero-order valence-electron chi connectivity index (χ0n) is 11.9. The summed E-state index contributed by atoms with van der Waals surface area (Å²) in [5.74, 6) is 2.51. The number of anilines is 1. The summed E-state index contributed by atoms with van der Waals surface area (Å²) in [7, 11) is 1.89. The molecule has 0 saturated heterocycles. The van der Waals surface area contributed by atoms with Gasteiger partial charge in [0.25, 0.3) is 0 Å². The van der Waals surface area contributed by atoms with Crippen LogP contribution in [0.3, 0.4) is 0 Å². The minimum Gasteiger partial charge on any atom is -0.372 e. The first-order chi connectivity index (χ1) is 9.11.